The predicted octanol–water partition coefficient (Wildman–Crippen LogP) is 5.49. The standard InChI is InChI=1S/C30H36ClN3O4S/c1-5-19-32-30(36)28(6-2)33(20-24-10-8-7-9-23(24)4)29(35)21-34(26-15-11-22(3)12-16-26)39(37,38)27-17-13-25(31)14-18-27/h7-18,28H,5-6,19-21H2,1-4H3,(H,32,36). The summed E-state index contributed by atoms with van der Waals surface area (Å²) in [5.74, 6) is -0.737. The van der Waals surface area contributed by atoms with Gasteiger partial charge in [-0.3, -0.25) is 13.9 Å². The molecule has 0 spiro atoms. The van der Waals surface area contributed by atoms with Gasteiger partial charge < -0.3 is 10.2 Å². The molecule has 0 bridgehead atoms. The lowest BCUT2D eigenvalue weighted by Crippen LogP contribution is -2.52. The fourth-order valence-electron chi connectivity index (χ4n) is 4.23. The number of carbonyl (C=O) groups is 2. The molecule has 0 aromatic heterocycles. The topological polar surface area (TPSA) is 86.8 Å². The van der Waals surface area contributed by atoms with E-state index in [1.165, 1.54) is 29.2 Å². The van der Waals surface area contributed by atoms with Crippen LogP contribution in [0, 0.1) is 13.8 Å². The number of anilines is 1. The Morgan fingerprint density at radius 3 is 2.15 bits per heavy atom. The molecule has 2 amide bonds. The summed E-state index contributed by atoms with van der Waals surface area (Å²) >= 11 is 6.00. The van der Waals surface area contributed by atoms with Crippen LogP contribution in [0.4, 0.5) is 5.69 Å². The zero-order valence-corrected chi connectivity index (χ0v) is 24.4. The molecule has 0 heterocycles. The Balaban J connectivity index is 2.05. The number of nitrogens with one attached hydrogen (secondary N) is 1. The number of benzene rings is 3. The van der Waals surface area contributed by atoms with Gasteiger partial charge in [0.05, 0.1) is 10.6 Å². The van der Waals surface area contributed by atoms with Crippen molar-refractivity contribution in [1.82, 2.24) is 10.2 Å². The molecule has 0 fully saturated rings. The summed E-state index contributed by atoms with van der Waals surface area (Å²) in [5, 5.41) is 3.30. The van der Waals surface area contributed by atoms with Gasteiger partial charge in [0.25, 0.3) is 10.0 Å². The van der Waals surface area contributed by atoms with E-state index < -0.39 is 28.5 Å². The highest BCUT2D eigenvalue weighted by molar-refractivity contribution is 7.92. The van der Waals surface area contributed by atoms with Crippen LogP contribution in [-0.2, 0) is 26.2 Å². The lowest BCUT2D eigenvalue weighted by atomic mass is 10.1. The number of hydrogen-bond donors (Lipinski definition) is 1. The van der Waals surface area contributed by atoms with Gasteiger partial charge in [0.2, 0.25) is 11.8 Å². The van der Waals surface area contributed by atoms with Gasteiger partial charge in [-0.1, -0.05) is 67.4 Å². The highest BCUT2D eigenvalue weighted by Crippen LogP contribution is 2.26. The molecule has 9 heteroatoms. The van der Waals surface area contributed by atoms with Crippen LogP contribution in [0.25, 0.3) is 0 Å². The highest BCUT2D eigenvalue weighted by Gasteiger charge is 2.33. The van der Waals surface area contributed by atoms with Crippen LogP contribution in [0.1, 0.15) is 43.4 Å². The van der Waals surface area contributed by atoms with Crippen molar-refractivity contribution in [3.63, 3.8) is 0 Å². The quantitative estimate of drug-likeness (QED) is 0.313. The molecule has 3 aromatic rings. The number of nitrogens with zero attached hydrogens (tertiary/aromatic N) is 2. The molecule has 0 aliphatic heterocycles. The van der Waals surface area contributed by atoms with E-state index in [0.717, 1.165) is 27.4 Å². The van der Waals surface area contributed by atoms with Crippen LogP contribution in [-0.4, -0.2) is 44.3 Å². The van der Waals surface area contributed by atoms with E-state index in [-0.39, 0.29) is 17.3 Å². The molecular weight excluding hydrogens is 534 g/mol. The summed E-state index contributed by atoms with van der Waals surface area (Å²) in [6.45, 7) is 7.83. The average Bonchev–Trinajstić information content (AvgIpc) is 2.92. The minimum absolute atomic E-state index is 0.0125. The van der Waals surface area contributed by atoms with Crippen LogP contribution < -0.4 is 9.62 Å². The molecule has 208 valence electrons. The first-order valence-electron chi connectivity index (χ1n) is 13.0. The second-order valence-corrected chi connectivity index (χ2v) is 11.8. The van der Waals surface area contributed by atoms with Crippen molar-refractivity contribution in [2.45, 2.75) is 58.0 Å². The Labute approximate surface area is 236 Å². The molecule has 0 aliphatic carbocycles. The summed E-state index contributed by atoms with van der Waals surface area (Å²) in [4.78, 5) is 28.7. The fourth-order valence-corrected chi connectivity index (χ4v) is 5.77. The molecule has 1 N–H and O–H groups in total. The molecule has 0 radical (unpaired) electrons. The van der Waals surface area contributed by atoms with Gasteiger partial charge in [0, 0.05) is 18.1 Å². The van der Waals surface area contributed by atoms with E-state index in [1.54, 1.807) is 24.3 Å². The molecule has 7 nitrogen and oxygen atoms in total. The molecule has 1 atom stereocenters. The van der Waals surface area contributed by atoms with Crippen LogP contribution in [0.15, 0.2) is 77.7 Å². The third-order valence-corrected chi connectivity index (χ3v) is 8.58. The number of rotatable bonds is 12. The van der Waals surface area contributed by atoms with Gasteiger partial charge in [0.15, 0.2) is 0 Å². The number of hydrogen-bond acceptors (Lipinski definition) is 4. The number of halogens is 1. The maximum Gasteiger partial charge on any atom is 0.264 e. The normalized spacial score (nSPS) is 12.0. The Hall–Kier alpha value is -3.36. The zero-order valence-electron chi connectivity index (χ0n) is 22.9. The first kappa shape index (κ1) is 30.2. The number of carbonyl (C=O) groups excluding carboxylic acids is 2. The van der Waals surface area contributed by atoms with Gasteiger partial charge in [0.1, 0.15) is 12.6 Å². The maximum atomic E-state index is 14.0. The van der Waals surface area contributed by atoms with Crippen molar-refractivity contribution in [1.29, 1.82) is 0 Å². The zero-order chi connectivity index (χ0) is 28.6. The van der Waals surface area contributed by atoms with Gasteiger partial charge in [-0.15, -0.1) is 0 Å². The van der Waals surface area contributed by atoms with Gasteiger partial charge >= 0.3 is 0 Å². The van der Waals surface area contributed by atoms with E-state index in [9.17, 15) is 18.0 Å². The summed E-state index contributed by atoms with van der Waals surface area (Å²) in [5.41, 5.74) is 3.16. The first-order valence-corrected chi connectivity index (χ1v) is 14.9. The van der Waals surface area contributed by atoms with Crippen LogP contribution >= 0.6 is 11.6 Å². The smallest absolute Gasteiger partial charge is 0.264 e. The number of aryl methyl sites for hydroxylation is 2. The van der Waals surface area contributed by atoms with Gasteiger partial charge in [-0.25, -0.2) is 8.42 Å². The van der Waals surface area contributed by atoms with Crippen LogP contribution in [0.2, 0.25) is 5.02 Å². The molecule has 0 aliphatic rings. The van der Waals surface area contributed by atoms with E-state index in [1.807, 2.05) is 52.0 Å². The predicted molar refractivity (Wildman–Crippen MR) is 156 cm³/mol. The minimum Gasteiger partial charge on any atom is -0.354 e. The summed E-state index contributed by atoms with van der Waals surface area (Å²) in [6, 6.07) is 19.7. The molecular formula is C30H36ClN3O4S. The SMILES string of the molecule is CCCNC(=O)C(CC)N(Cc1ccccc1C)C(=O)CN(c1ccc(C)cc1)S(=O)(=O)c1ccc(Cl)cc1. The number of amides is 2. The molecule has 39 heavy (non-hydrogen) atoms. The molecule has 0 saturated heterocycles. The molecule has 1 unspecified atom stereocenters. The highest BCUT2D eigenvalue weighted by atomic mass is 35.5. The third kappa shape index (κ3) is 7.61. The fraction of sp³-hybridized carbons (Fsp3) is 0.333. The number of sulfonamides is 1. The van der Waals surface area contributed by atoms with Gasteiger partial charge in [-0.05, 0) is 74.2 Å². The largest absolute Gasteiger partial charge is 0.354 e. The van der Waals surface area contributed by atoms with Gasteiger partial charge in [-0.2, -0.15) is 0 Å². The van der Waals surface area contributed by atoms with Crippen LogP contribution in [0.5, 0.6) is 0 Å². The van der Waals surface area contributed by atoms with E-state index >= 15 is 0 Å². The van der Waals surface area contributed by atoms with Crippen molar-refractivity contribution in [2.75, 3.05) is 17.4 Å². The summed E-state index contributed by atoms with van der Waals surface area (Å²) < 4.78 is 28.8. The monoisotopic (exact) mass is 569 g/mol. The second-order valence-electron chi connectivity index (χ2n) is 9.46. The van der Waals surface area contributed by atoms with E-state index in [0.29, 0.717) is 23.7 Å². The second kappa shape index (κ2) is 13.6. The van der Waals surface area contributed by atoms with Crippen molar-refractivity contribution in [2.24, 2.45) is 0 Å². The Morgan fingerprint density at radius 2 is 1.56 bits per heavy atom. The van der Waals surface area contributed by atoms with Crippen molar-refractivity contribution in [3.05, 3.63) is 94.5 Å². The lowest BCUT2D eigenvalue weighted by Gasteiger charge is -2.33. The van der Waals surface area contributed by atoms with Crippen molar-refractivity contribution >= 4 is 39.1 Å². The summed E-state index contributed by atoms with van der Waals surface area (Å²) in [7, 11) is -4.13. The Kier molecular flexibility index (Phi) is 10.5. The lowest BCUT2D eigenvalue weighted by molar-refractivity contribution is -0.140. The van der Waals surface area contributed by atoms with Crippen LogP contribution in [0.3, 0.4) is 0 Å². The molecule has 3 aromatic carbocycles. The average molecular weight is 570 g/mol. The summed E-state index contributed by atoms with van der Waals surface area (Å²) in [6.07, 6.45) is 1.14. The molecule has 3 rings (SSSR count). The minimum atomic E-state index is -4.13. The first-order chi connectivity index (χ1) is 18.6. The van der Waals surface area contributed by atoms with E-state index in [4.69, 9.17) is 11.6 Å². The van der Waals surface area contributed by atoms with E-state index in [2.05, 4.69) is 5.32 Å². The molecule has 0 saturated carbocycles. The van der Waals surface area contributed by atoms with Crippen molar-refractivity contribution in [3.8, 4) is 0 Å². The third-order valence-electron chi connectivity index (χ3n) is 6.54. The van der Waals surface area contributed by atoms with Crippen molar-refractivity contribution < 1.29 is 18.0 Å². The Bertz CT molecular complexity index is 1380. The Morgan fingerprint density at radius 1 is 0.923 bits per heavy atom. The maximum absolute atomic E-state index is 14.0.